The molecule has 1 N–H and O–H groups in total. The van der Waals surface area contributed by atoms with Crippen molar-refractivity contribution in [3.8, 4) is 0 Å². The zero-order chi connectivity index (χ0) is 12.8. The summed E-state index contributed by atoms with van der Waals surface area (Å²) in [6, 6.07) is 0. The Balaban J connectivity index is 2.12. The molecule has 0 aromatic rings. The van der Waals surface area contributed by atoms with Crippen LogP contribution in [0.5, 0.6) is 0 Å². The molecule has 0 bridgehead atoms. The zero-order valence-corrected chi connectivity index (χ0v) is 11.1. The predicted octanol–water partition coefficient (Wildman–Crippen LogP) is 1.04. The maximum atomic E-state index is 9.34. The Kier molecular flexibility index (Phi) is 3.25. The second kappa shape index (κ2) is 4.17. The molecule has 0 aromatic heterocycles. The average Bonchev–Trinajstić information content (AvgIpc) is 2.62. The van der Waals surface area contributed by atoms with Gasteiger partial charge in [0.2, 0.25) is 0 Å². The lowest BCUT2D eigenvalue weighted by Crippen LogP contribution is -2.42. The van der Waals surface area contributed by atoms with Gasteiger partial charge in [-0.1, -0.05) is 0 Å². The van der Waals surface area contributed by atoms with Crippen molar-refractivity contribution < 1.29 is 24.1 Å². The summed E-state index contributed by atoms with van der Waals surface area (Å²) in [4.78, 5) is 0. The normalized spacial score (nSPS) is 44.1. The van der Waals surface area contributed by atoms with Crippen LogP contribution in [0.25, 0.3) is 0 Å². The molecule has 2 fully saturated rings. The van der Waals surface area contributed by atoms with Gasteiger partial charge in [0.25, 0.3) is 0 Å². The minimum Gasteiger partial charge on any atom is -0.394 e. The average molecular weight is 246 g/mol. The molecular formula is C12H22O5. The fourth-order valence-corrected chi connectivity index (χ4v) is 2.58. The first kappa shape index (κ1) is 13.2. The van der Waals surface area contributed by atoms with Crippen LogP contribution in [-0.4, -0.2) is 47.7 Å². The van der Waals surface area contributed by atoms with Crippen LogP contribution < -0.4 is 0 Å². The van der Waals surface area contributed by atoms with Crippen molar-refractivity contribution in [2.45, 2.75) is 70.6 Å². The van der Waals surface area contributed by atoms with Gasteiger partial charge in [-0.25, -0.2) is 0 Å². The highest BCUT2D eigenvalue weighted by Gasteiger charge is 2.52. The standard InChI is InChI=1S/C12H22O5/c1-7-9(16-11(2,3)14-7)10-8(6-13)15-12(4,5)17-10/h7-10,13H,6H2,1-5H3/t7-,8-,9+,10+/m0/s1. The molecule has 0 aliphatic carbocycles. The third-order valence-electron chi connectivity index (χ3n) is 3.08. The third kappa shape index (κ3) is 2.63. The molecule has 0 radical (unpaired) electrons. The lowest BCUT2D eigenvalue weighted by atomic mass is 10.0. The molecule has 0 saturated carbocycles. The summed E-state index contributed by atoms with van der Waals surface area (Å²) >= 11 is 0. The maximum Gasteiger partial charge on any atom is 0.164 e. The van der Waals surface area contributed by atoms with E-state index in [0.29, 0.717) is 0 Å². The first-order valence-electron chi connectivity index (χ1n) is 6.06. The van der Waals surface area contributed by atoms with Crippen molar-refractivity contribution in [1.82, 2.24) is 0 Å². The van der Waals surface area contributed by atoms with Crippen LogP contribution in [0.4, 0.5) is 0 Å². The maximum absolute atomic E-state index is 9.34. The van der Waals surface area contributed by atoms with Crippen LogP contribution in [0.3, 0.4) is 0 Å². The summed E-state index contributed by atoms with van der Waals surface area (Å²) in [5, 5.41) is 9.34. The highest BCUT2D eigenvalue weighted by Crippen LogP contribution is 2.37. The molecule has 0 amide bonds. The van der Waals surface area contributed by atoms with E-state index in [4.69, 9.17) is 18.9 Å². The van der Waals surface area contributed by atoms with Crippen molar-refractivity contribution in [3.63, 3.8) is 0 Å². The Morgan fingerprint density at radius 3 is 1.88 bits per heavy atom. The van der Waals surface area contributed by atoms with E-state index in [9.17, 15) is 5.11 Å². The Morgan fingerprint density at radius 1 is 0.882 bits per heavy atom. The van der Waals surface area contributed by atoms with Crippen LogP contribution in [0.1, 0.15) is 34.6 Å². The second-order valence-electron chi connectivity index (χ2n) is 5.63. The summed E-state index contributed by atoms with van der Waals surface area (Å²) in [5.41, 5.74) is 0. The van der Waals surface area contributed by atoms with Gasteiger partial charge in [-0.2, -0.15) is 0 Å². The second-order valence-corrected chi connectivity index (χ2v) is 5.63. The lowest BCUT2D eigenvalue weighted by Gasteiger charge is -2.24. The number of aliphatic hydroxyl groups excluding tert-OH is 1. The van der Waals surface area contributed by atoms with E-state index in [1.807, 2.05) is 34.6 Å². The topological polar surface area (TPSA) is 57.2 Å². The van der Waals surface area contributed by atoms with Gasteiger partial charge in [-0.15, -0.1) is 0 Å². The van der Waals surface area contributed by atoms with Gasteiger partial charge in [0.1, 0.15) is 18.3 Å². The molecule has 4 atom stereocenters. The predicted molar refractivity (Wildman–Crippen MR) is 60.4 cm³/mol. The Bertz CT molecular complexity index is 289. The van der Waals surface area contributed by atoms with Crippen molar-refractivity contribution in [2.75, 3.05) is 6.61 Å². The Morgan fingerprint density at radius 2 is 1.41 bits per heavy atom. The van der Waals surface area contributed by atoms with Crippen LogP contribution in [0, 0.1) is 0 Å². The van der Waals surface area contributed by atoms with Crippen LogP contribution in [0.2, 0.25) is 0 Å². The first-order chi connectivity index (χ1) is 7.74. The van der Waals surface area contributed by atoms with E-state index < -0.39 is 11.6 Å². The van der Waals surface area contributed by atoms with E-state index in [2.05, 4.69) is 0 Å². The van der Waals surface area contributed by atoms with Crippen molar-refractivity contribution in [3.05, 3.63) is 0 Å². The van der Waals surface area contributed by atoms with Gasteiger partial charge < -0.3 is 24.1 Å². The molecule has 100 valence electrons. The monoisotopic (exact) mass is 246 g/mol. The molecule has 0 unspecified atom stereocenters. The highest BCUT2D eigenvalue weighted by molar-refractivity contribution is 4.93. The third-order valence-corrected chi connectivity index (χ3v) is 3.08. The summed E-state index contributed by atoms with van der Waals surface area (Å²) in [6.07, 6.45) is -0.966. The highest BCUT2D eigenvalue weighted by atomic mass is 16.8. The fraction of sp³-hybridized carbons (Fsp3) is 1.00. The summed E-state index contributed by atoms with van der Waals surface area (Å²) in [5.74, 6) is -1.30. The van der Waals surface area contributed by atoms with Crippen LogP contribution in [0.15, 0.2) is 0 Å². The van der Waals surface area contributed by atoms with E-state index in [1.54, 1.807) is 0 Å². The van der Waals surface area contributed by atoms with Gasteiger partial charge in [0.15, 0.2) is 11.6 Å². The van der Waals surface area contributed by atoms with Gasteiger partial charge in [0.05, 0.1) is 12.7 Å². The molecule has 0 aromatic carbocycles. The lowest BCUT2D eigenvalue weighted by molar-refractivity contribution is -0.175. The van der Waals surface area contributed by atoms with Crippen molar-refractivity contribution in [2.24, 2.45) is 0 Å². The van der Waals surface area contributed by atoms with Gasteiger partial charge in [-0.05, 0) is 34.6 Å². The molecule has 2 aliphatic heterocycles. The van der Waals surface area contributed by atoms with Crippen molar-refractivity contribution >= 4 is 0 Å². The smallest absolute Gasteiger partial charge is 0.164 e. The molecule has 2 saturated heterocycles. The first-order valence-corrected chi connectivity index (χ1v) is 6.06. The van der Waals surface area contributed by atoms with Gasteiger partial charge in [-0.3, -0.25) is 0 Å². The minimum absolute atomic E-state index is 0.0819. The van der Waals surface area contributed by atoms with E-state index >= 15 is 0 Å². The Hall–Kier alpha value is -0.200. The summed E-state index contributed by atoms with van der Waals surface area (Å²) in [7, 11) is 0. The number of hydrogen-bond donors (Lipinski definition) is 1. The zero-order valence-electron chi connectivity index (χ0n) is 11.1. The van der Waals surface area contributed by atoms with Gasteiger partial charge >= 0.3 is 0 Å². The number of rotatable bonds is 2. The van der Waals surface area contributed by atoms with Crippen LogP contribution >= 0.6 is 0 Å². The quantitative estimate of drug-likeness (QED) is 0.789. The van der Waals surface area contributed by atoms with Crippen LogP contribution in [-0.2, 0) is 18.9 Å². The summed E-state index contributed by atoms with van der Waals surface area (Å²) < 4.78 is 23.0. The number of aliphatic hydroxyl groups is 1. The molecule has 2 rings (SSSR count). The molecule has 0 spiro atoms. The number of ether oxygens (including phenoxy) is 4. The van der Waals surface area contributed by atoms with Crippen molar-refractivity contribution in [1.29, 1.82) is 0 Å². The van der Waals surface area contributed by atoms with E-state index in [1.165, 1.54) is 0 Å². The molecule has 17 heavy (non-hydrogen) atoms. The summed E-state index contributed by atoms with van der Waals surface area (Å²) in [6.45, 7) is 9.28. The molecule has 5 heteroatoms. The molecule has 2 heterocycles. The number of hydrogen-bond acceptors (Lipinski definition) is 5. The van der Waals surface area contributed by atoms with E-state index in [0.717, 1.165) is 0 Å². The molecule has 5 nitrogen and oxygen atoms in total. The largest absolute Gasteiger partial charge is 0.394 e. The molecule has 2 aliphatic rings. The molecular weight excluding hydrogens is 224 g/mol. The fourth-order valence-electron chi connectivity index (χ4n) is 2.58. The van der Waals surface area contributed by atoms with E-state index in [-0.39, 0.29) is 31.0 Å². The van der Waals surface area contributed by atoms with Gasteiger partial charge in [0, 0.05) is 0 Å². The Labute approximate surface area is 102 Å². The minimum atomic E-state index is -0.687. The SMILES string of the molecule is C[C@@H]1OC(C)(C)O[C@H]1[C@@H]1OC(C)(C)O[C@H]1CO.